The summed E-state index contributed by atoms with van der Waals surface area (Å²) in [6, 6.07) is 0.341. The third-order valence-corrected chi connectivity index (χ3v) is 2.95. The van der Waals surface area contributed by atoms with Crippen LogP contribution in [0.25, 0.3) is 0 Å². The van der Waals surface area contributed by atoms with Crippen LogP contribution in [0.1, 0.15) is 0 Å². The van der Waals surface area contributed by atoms with E-state index in [4.69, 9.17) is 0 Å². The van der Waals surface area contributed by atoms with Crippen molar-refractivity contribution in [1.82, 2.24) is 5.32 Å². The minimum atomic E-state index is 0.235. The highest BCUT2D eigenvalue weighted by Gasteiger charge is 2.48. The summed E-state index contributed by atoms with van der Waals surface area (Å²) in [7, 11) is 0. The van der Waals surface area contributed by atoms with Crippen molar-refractivity contribution in [3.8, 4) is 0 Å². The van der Waals surface area contributed by atoms with Crippen LogP contribution in [0, 0.1) is 17.8 Å². The van der Waals surface area contributed by atoms with Gasteiger partial charge in [0, 0.05) is 11.8 Å². The molecule has 0 aromatic rings. The Morgan fingerprint density at radius 1 is 1.18 bits per heavy atom. The van der Waals surface area contributed by atoms with Crippen LogP contribution in [0.2, 0.25) is 0 Å². The van der Waals surface area contributed by atoms with E-state index in [1.807, 2.05) is 0 Å². The Kier molecular flexibility index (Phi) is 0.799. The zero-order valence-electron chi connectivity index (χ0n) is 6.03. The van der Waals surface area contributed by atoms with E-state index in [1.165, 1.54) is 0 Å². The fourth-order valence-corrected chi connectivity index (χ4v) is 2.17. The van der Waals surface area contributed by atoms with E-state index in [0.29, 0.717) is 17.9 Å². The number of rotatable bonds is 0. The minimum Gasteiger partial charge on any atom is -0.349 e. The van der Waals surface area contributed by atoms with E-state index in [1.54, 1.807) is 0 Å². The van der Waals surface area contributed by atoms with E-state index in [-0.39, 0.29) is 11.8 Å². The average Bonchev–Trinajstić information content (AvgIpc) is 1.94. The predicted octanol–water partition coefficient (Wildman–Crippen LogP) is 0.473. The molecule has 4 atom stereocenters. The lowest BCUT2D eigenvalue weighted by molar-refractivity contribution is -0.136. The van der Waals surface area contributed by atoms with Gasteiger partial charge in [0.1, 0.15) is 0 Å². The topological polar surface area (TPSA) is 29.1 Å². The molecular formula is C9H9NO. The van der Waals surface area contributed by atoms with Crippen LogP contribution in [-0.2, 0) is 4.79 Å². The lowest BCUT2D eigenvalue weighted by atomic mass is 9.64. The van der Waals surface area contributed by atoms with Gasteiger partial charge in [-0.25, -0.2) is 0 Å². The van der Waals surface area contributed by atoms with Gasteiger partial charge in [0.15, 0.2) is 0 Å². The molecule has 0 bridgehead atoms. The Morgan fingerprint density at radius 3 is 2.55 bits per heavy atom. The van der Waals surface area contributed by atoms with Crippen molar-refractivity contribution in [2.24, 2.45) is 17.8 Å². The molecule has 0 spiro atoms. The van der Waals surface area contributed by atoms with Gasteiger partial charge in [-0.05, 0) is 0 Å². The molecule has 3 aliphatic rings. The normalized spacial score (nSPS) is 50.0. The zero-order chi connectivity index (χ0) is 7.42. The average molecular weight is 147 g/mol. The summed E-state index contributed by atoms with van der Waals surface area (Å²) >= 11 is 0. The van der Waals surface area contributed by atoms with Crippen molar-refractivity contribution < 1.29 is 4.79 Å². The van der Waals surface area contributed by atoms with Gasteiger partial charge in [-0.1, -0.05) is 24.3 Å². The fourth-order valence-electron chi connectivity index (χ4n) is 2.17. The van der Waals surface area contributed by atoms with E-state index in [2.05, 4.69) is 29.6 Å². The first kappa shape index (κ1) is 5.58. The van der Waals surface area contributed by atoms with Crippen LogP contribution in [0.5, 0.6) is 0 Å². The summed E-state index contributed by atoms with van der Waals surface area (Å²) in [6.07, 6.45) is 8.65. The monoisotopic (exact) mass is 147 g/mol. The fraction of sp³-hybridized carbons (Fsp3) is 0.444. The second-order valence-electron chi connectivity index (χ2n) is 3.48. The third kappa shape index (κ3) is 0.516. The van der Waals surface area contributed by atoms with Gasteiger partial charge in [-0.2, -0.15) is 0 Å². The number of carbonyl (C=O) groups excluding carboxylic acids is 1. The first-order valence-electron chi connectivity index (χ1n) is 4.03. The van der Waals surface area contributed by atoms with Crippen LogP contribution in [0.15, 0.2) is 24.3 Å². The smallest absolute Gasteiger partial charge is 0.226 e. The van der Waals surface area contributed by atoms with Crippen LogP contribution in [0.4, 0.5) is 0 Å². The number of nitrogens with one attached hydrogen (secondary N) is 1. The number of amides is 1. The molecule has 1 fully saturated rings. The third-order valence-electron chi connectivity index (χ3n) is 2.95. The second kappa shape index (κ2) is 1.58. The molecule has 1 amide bonds. The van der Waals surface area contributed by atoms with E-state index >= 15 is 0 Å². The van der Waals surface area contributed by atoms with E-state index < -0.39 is 0 Å². The van der Waals surface area contributed by atoms with Gasteiger partial charge in [0.05, 0.1) is 12.0 Å². The molecule has 0 aromatic carbocycles. The Labute approximate surface area is 65.0 Å². The van der Waals surface area contributed by atoms with Crippen LogP contribution in [-0.4, -0.2) is 11.9 Å². The molecule has 1 heterocycles. The summed E-state index contributed by atoms with van der Waals surface area (Å²) in [5.41, 5.74) is 0. The summed E-state index contributed by atoms with van der Waals surface area (Å²) in [6.45, 7) is 0. The Balaban J connectivity index is 1.99. The summed E-state index contributed by atoms with van der Waals surface area (Å²) in [4.78, 5) is 11.1. The highest BCUT2D eigenvalue weighted by Crippen LogP contribution is 2.42. The van der Waals surface area contributed by atoms with Crippen molar-refractivity contribution >= 4 is 5.91 Å². The van der Waals surface area contributed by atoms with Gasteiger partial charge >= 0.3 is 0 Å². The quantitative estimate of drug-likeness (QED) is 0.391. The predicted molar refractivity (Wildman–Crippen MR) is 40.7 cm³/mol. The lowest BCUT2D eigenvalue weighted by Gasteiger charge is -2.47. The standard InChI is InChI=1S/C9H9NO/c11-9-8-6-3-1-5(6)2-4-7(8)10-9/h1-8H,(H,10,11)/t5-,6-,7-,8-/m1/s1. The Hall–Kier alpha value is -1.05. The molecule has 1 aliphatic heterocycles. The molecule has 0 radical (unpaired) electrons. The number of β-lactam (4-membered cyclic amide) rings is 1. The van der Waals surface area contributed by atoms with Crippen LogP contribution in [0.3, 0.4) is 0 Å². The summed E-state index contributed by atoms with van der Waals surface area (Å²) in [5.74, 6) is 1.56. The zero-order valence-corrected chi connectivity index (χ0v) is 6.03. The van der Waals surface area contributed by atoms with Gasteiger partial charge in [0.2, 0.25) is 5.91 Å². The van der Waals surface area contributed by atoms with Crippen LogP contribution >= 0.6 is 0 Å². The summed E-state index contributed by atoms with van der Waals surface area (Å²) < 4.78 is 0. The van der Waals surface area contributed by atoms with Gasteiger partial charge in [-0.15, -0.1) is 0 Å². The molecule has 2 heteroatoms. The lowest BCUT2D eigenvalue weighted by Crippen LogP contribution is -2.62. The molecule has 1 N–H and O–H groups in total. The molecule has 11 heavy (non-hydrogen) atoms. The maximum atomic E-state index is 11.1. The number of allylic oxidation sites excluding steroid dienone is 3. The van der Waals surface area contributed by atoms with Crippen molar-refractivity contribution in [1.29, 1.82) is 0 Å². The molecular weight excluding hydrogens is 138 g/mol. The maximum absolute atomic E-state index is 11.1. The van der Waals surface area contributed by atoms with Gasteiger partial charge in [-0.3, -0.25) is 4.79 Å². The first-order chi connectivity index (χ1) is 5.36. The number of fused-ring (bicyclic) bond motifs is 3. The maximum Gasteiger partial charge on any atom is 0.226 e. The molecule has 3 rings (SSSR count). The molecule has 0 aromatic heterocycles. The highest BCUT2D eigenvalue weighted by molar-refractivity contribution is 5.88. The van der Waals surface area contributed by atoms with Gasteiger partial charge in [0.25, 0.3) is 0 Å². The van der Waals surface area contributed by atoms with E-state index in [9.17, 15) is 4.79 Å². The van der Waals surface area contributed by atoms with E-state index in [0.717, 1.165) is 0 Å². The van der Waals surface area contributed by atoms with Crippen molar-refractivity contribution in [3.05, 3.63) is 24.3 Å². The molecule has 56 valence electrons. The Morgan fingerprint density at radius 2 is 2.00 bits per heavy atom. The molecule has 0 saturated carbocycles. The summed E-state index contributed by atoms with van der Waals surface area (Å²) in [5, 5.41) is 2.87. The van der Waals surface area contributed by atoms with Crippen molar-refractivity contribution in [2.45, 2.75) is 6.04 Å². The number of carbonyl (C=O) groups is 1. The first-order valence-corrected chi connectivity index (χ1v) is 4.03. The number of hydrogen-bond acceptors (Lipinski definition) is 1. The van der Waals surface area contributed by atoms with Crippen molar-refractivity contribution in [2.75, 3.05) is 0 Å². The Bertz CT molecular complexity index is 279. The second-order valence-corrected chi connectivity index (χ2v) is 3.48. The van der Waals surface area contributed by atoms with Gasteiger partial charge < -0.3 is 5.32 Å². The SMILES string of the molecule is O=C1N[C@@H]2C=C[C@H]3C=C[C@H]3[C@@H]12. The van der Waals surface area contributed by atoms with Crippen LogP contribution < -0.4 is 5.32 Å². The minimum absolute atomic E-state index is 0.235. The van der Waals surface area contributed by atoms with Crippen molar-refractivity contribution in [3.63, 3.8) is 0 Å². The number of hydrogen-bond donors (Lipinski definition) is 1. The molecule has 2 nitrogen and oxygen atoms in total. The highest BCUT2D eigenvalue weighted by atomic mass is 16.2. The molecule has 2 aliphatic carbocycles. The molecule has 1 saturated heterocycles. The largest absolute Gasteiger partial charge is 0.349 e. The molecule has 0 unspecified atom stereocenters.